The molecule has 4 nitrogen and oxygen atoms in total. The summed E-state index contributed by atoms with van der Waals surface area (Å²) in [7, 11) is 0. The van der Waals surface area contributed by atoms with E-state index < -0.39 is 11.8 Å². The van der Waals surface area contributed by atoms with E-state index in [0.29, 0.717) is 11.3 Å². The number of carboxylic acid groups (broad SMARTS) is 1. The van der Waals surface area contributed by atoms with E-state index >= 15 is 0 Å². The molecule has 2 aromatic rings. The van der Waals surface area contributed by atoms with Crippen LogP contribution in [0.5, 0.6) is 0 Å². The average Bonchev–Trinajstić information content (AvgIpc) is 2.61. The van der Waals surface area contributed by atoms with E-state index in [9.17, 15) is 9.18 Å². The molecule has 0 radical (unpaired) electrons. The lowest BCUT2D eigenvalue weighted by Gasteiger charge is -2.08. The number of nitrogens with zero attached hydrogens (tertiary/aromatic N) is 2. The summed E-state index contributed by atoms with van der Waals surface area (Å²) in [4.78, 5) is 10.8. The van der Waals surface area contributed by atoms with Gasteiger partial charge < -0.3 is 5.11 Å². The Morgan fingerprint density at radius 2 is 2.12 bits per heavy atom. The standard InChI is InChI=1S/C12H11FN2O2/c1-7-4-3-5-9(13)11(7)15-8(2)6-10(14-15)12(16)17/h3-6H,1-2H3,(H,16,17). The largest absolute Gasteiger partial charge is 0.476 e. The van der Waals surface area contributed by atoms with Gasteiger partial charge in [0.25, 0.3) is 0 Å². The van der Waals surface area contributed by atoms with Gasteiger partial charge in [-0.2, -0.15) is 5.10 Å². The fraction of sp³-hybridized carbons (Fsp3) is 0.167. The van der Waals surface area contributed by atoms with Crippen LogP contribution in [0.15, 0.2) is 24.3 Å². The number of aromatic nitrogens is 2. The van der Waals surface area contributed by atoms with Gasteiger partial charge in [0, 0.05) is 5.69 Å². The van der Waals surface area contributed by atoms with E-state index in [2.05, 4.69) is 5.10 Å². The minimum Gasteiger partial charge on any atom is -0.476 e. The molecule has 5 heteroatoms. The smallest absolute Gasteiger partial charge is 0.356 e. The Labute approximate surface area is 97.3 Å². The zero-order chi connectivity index (χ0) is 12.6. The van der Waals surface area contributed by atoms with Crippen molar-refractivity contribution in [3.63, 3.8) is 0 Å². The molecule has 0 spiro atoms. The molecule has 0 atom stereocenters. The average molecular weight is 234 g/mol. The highest BCUT2D eigenvalue weighted by Crippen LogP contribution is 2.19. The van der Waals surface area contributed by atoms with Crippen molar-refractivity contribution in [2.45, 2.75) is 13.8 Å². The fourth-order valence-corrected chi connectivity index (χ4v) is 1.70. The van der Waals surface area contributed by atoms with Crippen molar-refractivity contribution < 1.29 is 14.3 Å². The summed E-state index contributed by atoms with van der Waals surface area (Å²) < 4.78 is 15.0. The second-order valence-corrected chi connectivity index (χ2v) is 3.79. The number of carboxylic acids is 1. The topological polar surface area (TPSA) is 55.1 Å². The predicted octanol–water partition coefficient (Wildman–Crippen LogP) is 2.33. The molecule has 1 aromatic carbocycles. The molecular weight excluding hydrogens is 223 g/mol. The Kier molecular flexibility index (Phi) is 2.67. The number of hydrogen-bond donors (Lipinski definition) is 1. The minimum atomic E-state index is -1.12. The number of aromatic carboxylic acids is 1. The van der Waals surface area contributed by atoms with Crippen LogP contribution in [0.4, 0.5) is 4.39 Å². The van der Waals surface area contributed by atoms with E-state index in [4.69, 9.17) is 5.11 Å². The quantitative estimate of drug-likeness (QED) is 0.867. The monoisotopic (exact) mass is 234 g/mol. The van der Waals surface area contributed by atoms with Gasteiger partial charge in [0.15, 0.2) is 5.69 Å². The second-order valence-electron chi connectivity index (χ2n) is 3.79. The summed E-state index contributed by atoms with van der Waals surface area (Å²) in [6.45, 7) is 3.44. The van der Waals surface area contributed by atoms with Gasteiger partial charge in [0.05, 0.1) is 0 Å². The first kappa shape index (κ1) is 11.3. The SMILES string of the molecule is Cc1cccc(F)c1-n1nc(C(=O)O)cc1C. The summed E-state index contributed by atoms with van der Waals surface area (Å²) in [5.74, 6) is -1.55. The Balaban J connectivity index is 2.64. The fourth-order valence-electron chi connectivity index (χ4n) is 1.70. The molecule has 17 heavy (non-hydrogen) atoms. The van der Waals surface area contributed by atoms with Crippen LogP contribution in [0.3, 0.4) is 0 Å². The molecular formula is C12H11FN2O2. The lowest BCUT2D eigenvalue weighted by molar-refractivity contribution is 0.0690. The first-order valence-electron chi connectivity index (χ1n) is 5.06. The van der Waals surface area contributed by atoms with Crippen molar-refractivity contribution in [1.82, 2.24) is 9.78 Å². The molecule has 0 amide bonds. The van der Waals surface area contributed by atoms with Crippen molar-refractivity contribution in [1.29, 1.82) is 0 Å². The van der Waals surface area contributed by atoms with Crippen LogP contribution >= 0.6 is 0 Å². The van der Waals surface area contributed by atoms with Crippen molar-refractivity contribution in [2.24, 2.45) is 0 Å². The summed E-state index contributed by atoms with van der Waals surface area (Å²) in [6, 6.07) is 6.09. The summed E-state index contributed by atoms with van der Waals surface area (Å²) in [6.07, 6.45) is 0. The molecule has 1 N–H and O–H groups in total. The number of carbonyl (C=O) groups is 1. The molecule has 0 bridgehead atoms. The third-order valence-corrected chi connectivity index (χ3v) is 2.51. The van der Waals surface area contributed by atoms with Crippen LogP contribution < -0.4 is 0 Å². The van der Waals surface area contributed by atoms with Gasteiger partial charge in [-0.15, -0.1) is 0 Å². The summed E-state index contributed by atoms with van der Waals surface area (Å²) in [5, 5.41) is 12.7. The van der Waals surface area contributed by atoms with E-state index in [1.54, 1.807) is 26.0 Å². The Morgan fingerprint density at radius 1 is 1.41 bits per heavy atom. The predicted molar refractivity (Wildman–Crippen MR) is 60.0 cm³/mol. The number of aryl methyl sites for hydroxylation is 2. The molecule has 1 heterocycles. The molecule has 88 valence electrons. The summed E-state index contributed by atoms with van der Waals surface area (Å²) >= 11 is 0. The molecule has 1 aromatic heterocycles. The zero-order valence-corrected chi connectivity index (χ0v) is 9.44. The van der Waals surface area contributed by atoms with Gasteiger partial charge in [-0.05, 0) is 31.5 Å². The van der Waals surface area contributed by atoms with Gasteiger partial charge >= 0.3 is 5.97 Å². The van der Waals surface area contributed by atoms with E-state index in [1.807, 2.05) is 0 Å². The molecule has 0 fully saturated rings. The molecule has 0 unspecified atom stereocenters. The second kappa shape index (κ2) is 4.01. The lowest BCUT2D eigenvalue weighted by Crippen LogP contribution is -2.06. The van der Waals surface area contributed by atoms with Crippen LogP contribution in [0, 0.1) is 19.7 Å². The van der Waals surface area contributed by atoms with Gasteiger partial charge in [0.2, 0.25) is 0 Å². The van der Waals surface area contributed by atoms with E-state index in [-0.39, 0.29) is 11.4 Å². The first-order valence-corrected chi connectivity index (χ1v) is 5.06. The van der Waals surface area contributed by atoms with Crippen LogP contribution in [0.2, 0.25) is 0 Å². The number of benzene rings is 1. The van der Waals surface area contributed by atoms with Gasteiger partial charge in [-0.3, -0.25) is 0 Å². The van der Waals surface area contributed by atoms with Gasteiger partial charge in [-0.1, -0.05) is 12.1 Å². The minimum absolute atomic E-state index is 0.0925. The molecule has 0 aliphatic rings. The van der Waals surface area contributed by atoms with Crippen molar-refractivity contribution in [3.05, 3.63) is 47.0 Å². The molecule has 0 saturated heterocycles. The lowest BCUT2D eigenvalue weighted by atomic mass is 10.2. The normalized spacial score (nSPS) is 10.5. The molecule has 0 aliphatic carbocycles. The maximum absolute atomic E-state index is 13.7. The highest BCUT2D eigenvalue weighted by atomic mass is 19.1. The Hall–Kier alpha value is -2.17. The number of hydrogen-bond acceptors (Lipinski definition) is 2. The highest BCUT2D eigenvalue weighted by molar-refractivity contribution is 5.85. The van der Waals surface area contributed by atoms with Crippen molar-refractivity contribution in [2.75, 3.05) is 0 Å². The van der Waals surface area contributed by atoms with Crippen molar-refractivity contribution in [3.8, 4) is 5.69 Å². The Bertz CT molecular complexity index is 570. The molecule has 0 saturated carbocycles. The van der Waals surface area contributed by atoms with Crippen LogP contribution in [-0.2, 0) is 0 Å². The number of para-hydroxylation sites is 1. The number of halogens is 1. The maximum atomic E-state index is 13.7. The summed E-state index contributed by atoms with van der Waals surface area (Å²) in [5.41, 5.74) is 1.48. The van der Waals surface area contributed by atoms with Gasteiger partial charge in [0.1, 0.15) is 11.5 Å². The molecule has 2 rings (SSSR count). The third-order valence-electron chi connectivity index (χ3n) is 2.51. The first-order chi connectivity index (χ1) is 8.00. The van der Waals surface area contributed by atoms with E-state index in [0.717, 1.165) is 0 Å². The van der Waals surface area contributed by atoms with Gasteiger partial charge in [-0.25, -0.2) is 13.9 Å². The van der Waals surface area contributed by atoms with Crippen LogP contribution in [0.25, 0.3) is 5.69 Å². The maximum Gasteiger partial charge on any atom is 0.356 e. The van der Waals surface area contributed by atoms with Crippen LogP contribution in [0.1, 0.15) is 21.7 Å². The Morgan fingerprint density at radius 3 is 2.65 bits per heavy atom. The third kappa shape index (κ3) is 1.91. The van der Waals surface area contributed by atoms with Crippen molar-refractivity contribution >= 4 is 5.97 Å². The molecule has 0 aliphatic heterocycles. The zero-order valence-electron chi connectivity index (χ0n) is 9.44. The number of rotatable bonds is 2. The van der Waals surface area contributed by atoms with E-state index in [1.165, 1.54) is 16.8 Å². The van der Waals surface area contributed by atoms with Crippen LogP contribution in [-0.4, -0.2) is 20.9 Å². The highest BCUT2D eigenvalue weighted by Gasteiger charge is 2.15.